The van der Waals surface area contributed by atoms with Crippen LogP contribution in [0.1, 0.15) is 21.7 Å². The van der Waals surface area contributed by atoms with Gasteiger partial charge in [0.25, 0.3) is 0 Å². The average molecular weight is 319 g/mol. The maximum atomic E-state index is 11.9. The fraction of sp³-hybridized carbons (Fsp3) is 0.417. The van der Waals surface area contributed by atoms with Crippen molar-refractivity contribution < 1.29 is 23.1 Å². The fourth-order valence-corrected chi connectivity index (χ4v) is 3.82. The van der Waals surface area contributed by atoms with Gasteiger partial charge in [-0.3, -0.25) is 0 Å². The molecule has 0 bridgehead atoms. The van der Waals surface area contributed by atoms with E-state index in [0.29, 0.717) is 18.6 Å². The van der Waals surface area contributed by atoms with Gasteiger partial charge in [-0.15, -0.1) is 17.9 Å². The normalized spacial score (nSPS) is 11.4. The van der Waals surface area contributed by atoms with Gasteiger partial charge >= 0.3 is 5.97 Å². The number of aryl methyl sites for hydroxylation is 1. The summed E-state index contributed by atoms with van der Waals surface area (Å²) < 4.78 is 31.4. The standard InChI is InChI=1S/C12H17NO5S2/c1-3-4-6-18-7-5-13-20(16,17)10-8-9(2)11(19-10)12(14)15/h3,8,13H,1,4-7H2,2H3,(H,14,15). The molecule has 8 heteroatoms. The minimum atomic E-state index is -3.68. The Bertz CT molecular complexity index is 577. The van der Waals surface area contributed by atoms with E-state index in [-0.39, 0.29) is 22.2 Å². The highest BCUT2D eigenvalue weighted by Crippen LogP contribution is 2.25. The summed E-state index contributed by atoms with van der Waals surface area (Å²) in [5.74, 6) is -1.12. The van der Waals surface area contributed by atoms with Crippen molar-refractivity contribution in [3.63, 3.8) is 0 Å². The topological polar surface area (TPSA) is 92.7 Å². The van der Waals surface area contributed by atoms with E-state index in [9.17, 15) is 13.2 Å². The largest absolute Gasteiger partial charge is 0.477 e. The second-order valence-corrected chi connectivity index (χ2v) is 7.02. The zero-order valence-electron chi connectivity index (χ0n) is 11.1. The van der Waals surface area contributed by atoms with Crippen LogP contribution in [0, 0.1) is 6.92 Å². The lowest BCUT2D eigenvalue weighted by Crippen LogP contribution is -2.27. The molecule has 0 aliphatic carbocycles. The second-order valence-electron chi connectivity index (χ2n) is 3.97. The summed E-state index contributed by atoms with van der Waals surface area (Å²) in [6, 6.07) is 1.36. The number of thiophene rings is 1. The monoisotopic (exact) mass is 319 g/mol. The van der Waals surface area contributed by atoms with Gasteiger partial charge in [-0.05, 0) is 25.0 Å². The molecule has 0 fully saturated rings. The molecule has 0 radical (unpaired) electrons. The third-order valence-electron chi connectivity index (χ3n) is 2.36. The molecule has 1 aromatic heterocycles. The molecule has 1 heterocycles. The van der Waals surface area contributed by atoms with Crippen LogP contribution < -0.4 is 4.72 Å². The van der Waals surface area contributed by atoms with Crippen LogP contribution in [0.25, 0.3) is 0 Å². The molecule has 20 heavy (non-hydrogen) atoms. The van der Waals surface area contributed by atoms with E-state index >= 15 is 0 Å². The summed E-state index contributed by atoms with van der Waals surface area (Å²) >= 11 is 0.742. The lowest BCUT2D eigenvalue weighted by atomic mass is 10.3. The van der Waals surface area contributed by atoms with E-state index in [0.717, 1.165) is 11.3 Å². The number of carboxylic acids is 1. The minimum absolute atomic E-state index is 0.00140. The maximum Gasteiger partial charge on any atom is 0.346 e. The number of rotatable bonds is 9. The second kappa shape index (κ2) is 7.53. The first kappa shape index (κ1) is 16.8. The van der Waals surface area contributed by atoms with E-state index in [1.165, 1.54) is 6.07 Å². The molecular weight excluding hydrogens is 302 g/mol. The predicted octanol–water partition coefficient (Wildman–Crippen LogP) is 1.63. The van der Waals surface area contributed by atoms with Crippen LogP contribution in [0.15, 0.2) is 22.9 Å². The molecule has 0 aliphatic rings. The summed E-state index contributed by atoms with van der Waals surface area (Å²) in [7, 11) is -3.68. The number of carboxylic acid groups (broad SMARTS) is 1. The fourth-order valence-electron chi connectivity index (χ4n) is 1.39. The van der Waals surface area contributed by atoms with Gasteiger partial charge in [0.2, 0.25) is 10.0 Å². The molecule has 112 valence electrons. The zero-order valence-corrected chi connectivity index (χ0v) is 12.7. The van der Waals surface area contributed by atoms with Gasteiger partial charge in [-0.1, -0.05) is 6.08 Å². The highest BCUT2D eigenvalue weighted by atomic mass is 32.2. The molecule has 0 amide bonds. The lowest BCUT2D eigenvalue weighted by molar-refractivity contribution is 0.0701. The first-order valence-corrected chi connectivity index (χ1v) is 8.20. The van der Waals surface area contributed by atoms with E-state index in [1.54, 1.807) is 13.0 Å². The van der Waals surface area contributed by atoms with Gasteiger partial charge < -0.3 is 9.84 Å². The van der Waals surface area contributed by atoms with Crippen LogP contribution in [0.5, 0.6) is 0 Å². The third-order valence-corrected chi connectivity index (χ3v) is 5.52. The maximum absolute atomic E-state index is 11.9. The van der Waals surface area contributed by atoms with Crippen molar-refractivity contribution in [3.05, 3.63) is 29.2 Å². The van der Waals surface area contributed by atoms with Crippen LogP contribution in [0.2, 0.25) is 0 Å². The number of carbonyl (C=O) groups is 1. The first-order valence-electron chi connectivity index (χ1n) is 5.90. The molecule has 1 rings (SSSR count). The minimum Gasteiger partial charge on any atom is -0.477 e. The molecular formula is C12H17NO5S2. The number of hydrogen-bond acceptors (Lipinski definition) is 5. The van der Waals surface area contributed by atoms with Gasteiger partial charge in [0.05, 0.1) is 13.2 Å². The SMILES string of the molecule is C=CCCOCCNS(=O)(=O)c1cc(C)c(C(=O)O)s1. The molecule has 0 spiro atoms. The summed E-state index contributed by atoms with van der Waals surface area (Å²) in [6.45, 7) is 5.99. The van der Waals surface area contributed by atoms with Gasteiger partial charge in [-0.25, -0.2) is 17.9 Å². The molecule has 1 aromatic rings. The van der Waals surface area contributed by atoms with Crippen LogP contribution in [0.4, 0.5) is 0 Å². The Hall–Kier alpha value is -1.22. The lowest BCUT2D eigenvalue weighted by Gasteiger charge is -2.05. The zero-order chi connectivity index (χ0) is 15.2. The van der Waals surface area contributed by atoms with Gasteiger partial charge in [0.1, 0.15) is 9.09 Å². The van der Waals surface area contributed by atoms with Crippen molar-refractivity contribution in [2.24, 2.45) is 0 Å². The van der Waals surface area contributed by atoms with Gasteiger partial charge in [0.15, 0.2) is 0 Å². The quantitative estimate of drug-likeness (QED) is 0.533. The van der Waals surface area contributed by atoms with Crippen LogP contribution in [0.3, 0.4) is 0 Å². The summed E-state index contributed by atoms with van der Waals surface area (Å²) in [6.07, 6.45) is 2.42. The predicted molar refractivity (Wildman–Crippen MR) is 76.8 cm³/mol. The number of sulfonamides is 1. The van der Waals surface area contributed by atoms with Gasteiger partial charge in [-0.2, -0.15) is 0 Å². The molecule has 6 nitrogen and oxygen atoms in total. The molecule has 0 atom stereocenters. The Morgan fingerprint density at radius 2 is 2.25 bits per heavy atom. The van der Waals surface area contributed by atoms with E-state index in [2.05, 4.69) is 11.3 Å². The Morgan fingerprint density at radius 3 is 2.80 bits per heavy atom. The molecule has 0 aliphatic heterocycles. The smallest absolute Gasteiger partial charge is 0.346 e. The molecule has 2 N–H and O–H groups in total. The van der Waals surface area contributed by atoms with Gasteiger partial charge in [0, 0.05) is 6.54 Å². The summed E-state index contributed by atoms with van der Waals surface area (Å²) in [5.41, 5.74) is 0.435. The highest BCUT2D eigenvalue weighted by Gasteiger charge is 2.21. The molecule has 0 saturated carbocycles. The van der Waals surface area contributed by atoms with Crippen molar-refractivity contribution in [1.82, 2.24) is 4.72 Å². The van der Waals surface area contributed by atoms with Crippen molar-refractivity contribution in [2.45, 2.75) is 17.6 Å². The van der Waals surface area contributed by atoms with E-state index in [4.69, 9.17) is 9.84 Å². The van der Waals surface area contributed by atoms with Crippen LogP contribution in [-0.4, -0.2) is 39.3 Å². The van der Waals surface area contributed by atoms with Crippen molar-refractivity contribution >= 4 is 27.3 Å². The third kappa shape index (κ3) is 4.71. The van der Waals surface area contributed by atoms with Crippen molar-refractivity contribution in [3.8, 4) is 0 Å². The van der Waals surface area contributed by atoms with Crippen LogP contribution in [-0.2, 0) is 14.8 Å². The molecule has 0 saturated heterocycles. The van der Waals surface area contributed by atoms with E-state index in [1.807, 2.05) is 0 Å². The number of ether oxygens (including phenoxy) is 1. The Kier molecular flexibility index (Phi) is 6.34. The highest BCUT2D eigenvalue weighted by molar-refractivity contribution is 7.91. The Morgan fingerprint density at radius 1 is 1.55 bits per heavy atom. The van der Waals surface area contributed by atoms with Crippen molar-refractivity contribution in [1.29, 1.82) is 0 Å². The van der Waals surface area contributed by atoms with Crippen LogP contribution >= 0.6 is 11.3 Å². The average Bonchev–Trinajstić information content (AvgIpc) is 2.76. The summed E-state index contributed by atoms with van der Waals surface area (Å²) in [4.78, 5) is 10.9. The summed E-state index contributed by atoms with van der Waals surface area (Å²) in [5, 5.41) is 8.91. The molecule has 0 aromatic carbocycles. The number of hydrogen-bond donors (Lipinski definition) is 2. The number of aromatic carboxylic acids is 1. The van der Waals surface area contributed by atoms with Crippen molar-refractivity contribution in [2.75, 3.05) is 19.8 Å². The van der Waals surface area contributed by atoms with E-state index < -0.39 is 16.0 Å². The Balaban J connectivity index is 2.58. The first-order chi connectivity index (χ1) is 9.38. The number of nitrogens with one attached hydrogen (secondary N) is 1. The Labute approximate surface area is 122 Å². The molecule has 0 unspecified atom stereocenters.